The largest absolute Gasteiger partial charge is 0.508 e. The predicted octanol–water partition coefficient (Wildman–Crippen LogP) is 2.71. The molecule has 2 rings (SSSR count). The molecule has 0 amide bonds. The van der Waals surface area contributed by atoms with Crippen molar-refractivity contribution in [3.63, 3.8) is 0 Å². The number of hydrogen-bond acceptors (Lipinski definition) is 2. The summed E-state index contributed by atoms with van der Waals surface area (Å²) in [7, 11) is 0. The lowest BCUT2D eigenvalue weighted by atomic mass is 10.0. The van der Waals surface area contributed by atoms with Crippen molar-refractivity contribution in [1.82, 2.24) is 0 Å². The number of hydrogen-bond donors (Lipinski definition) is 1. The zero-order chi connectivity index (χ0) is 10.8. The van der Waals surface area contributed by atoms with Gasteiger partial charge in [0, 0.05) is 11.5 Å². The average molecular weight is 202 g/mol. The topological polar surface area (TPSA) is 37.3 Å². The van der Waals surface area contributed by atoms with E-state index in [0.29, 0.717) is 5.56 Å². The second-order valence-corrected chi connectivity index (χ2v) is 3.91. The first-order valence-corrected chi connectivity index (χ1v) is 5.19. The first kappa shape index (κ1) is 9.97. The molecule has 0 heterocycles. The molecule has 1 N–H and O–H groups in total. The molecule has 1 aromatic carbocycles. The molecule has 1 aliphatic rings. The van der Waals surface area contributed by atoms with E-state index in [1.807, 2.05) is 25.1 Å². The Kier molecular flexibility index (Phi) is 2.58. The Labute approximate surface area is 89.2 Å². The van der Waals surface area contributed by atoms with Crippen molar-refractivity contribution in [1.29, 1.82) is 0 Å². The van der Waals surface area contributed by atoms with Crippen LogP contribution in [0.15, 0.2) is 30.4 Å². The lowest BCUT2D eigenvalue weighted by molar-refractivity contribution is 0.0937. The number of aromatic hydroxyl groups is 1. The maximum Gasteiger partial charge on any atom is 0.166 e. The molecule has 1 unspecified atom stereocenters. The maximum absolute atomic E-state index is 11.9. The molecule has 0 fully saturated rings. The van der Waals surface area contributed by atoms with Gasteiger partial charge in [0.2, 0.25) is 0 Å². The molecule has 0 aliphatic heterocycles. The number of benzene rings is 1. The molecule has 2 heteroatoms. The van der Waals surface area contributed by atoms with Crippen LogP contribution < -0.4 is 0 Å². The van der Waals surface area contributed by atoms with E-state index in [1.165, 1.54) is 0 Å². The molecule has 2 nitrogen and oxygen atoms in total. The van der Waals surface area contributed by atoms with E-state index in [4.69, 9.17) is 0 Å². The summed E-state index contributed by atoms with van der Waals surface area (Å²) in [5.41, 5.74) is 1.76. The first-order chi connectivity index (χ1) is 7.22. The van der Waals surface area contributed by atoms with Crippen molar-refractivity contribution in [2.24, 2.45) is 5.92 Å². The Balaban J connectivity index is 2.25. The number of allylic oxidation sites excluding steroid dienone is 2. The number of fused-ring (bicyclic) bond motifs is 1. The van der Waals surface area contributed by atoms with Gasteiger partial charge in [0.05, 0.1) is 0 Å². The standard InChI is InChI=1S/C13H14O2/c1-2-3-4-10-7-9-5-6-11(14)8-12(9)13(10)15/h2-3,5-6,8,10,14H,4,7H2,1H3/b3-2+. The van der Waals surface area contributed by atoms with E-state index < -0.39 is 0 Å². The minimum Gasteiger partial charge on any atom is -0.508 e. The minimum atomic E-state index is 0.0676. The molecule has 0 spiro atoms. The fourth-order valence-corrected chi connectivity index (χ4v) is 2.04. The fourth-order valence-electron chi connectivity index (χ4n) is 2.04. The Bertz CT molecular complexity index is 419. The fraction of sp³-hybridized carbons (Fsp3) is 0.308. The number of rotatable bonds is 2. The normalized spacial score (nSPS) is 19.8. The van der Waals surface area contributed by atoms with Crippen molar-refractivity contribution in [2.75, 3.05) is 0 Å². The van der Waals surface area contributed by atoms with Crippen LogP contribution in [0.4, 0.5) is 0 Å². The second kappa shape index (κ2) is 3.89. The van der Waals surface area contributed by atoms with Gasteiger partial charge in [-0.2, -0.15) is 0 Å². The summed E-state index contributed by atoms with van der Waals surface area (Å²) in [6.07, 6.45) is 5.59. The number of carbonyl (C=O) groups excluding carboxylic acids is 1. The van der Waals surface area contributed by atoms with Crippen LogP contribution in [0.3, 0.4) is 0 Å². The lowest BCUT2D eigenvalue weighted by Crippen LogP contribution is -2.07. The van der Waals surface area contributed by atoms with Crippen molar-refractivity contribution >= 4 is 5.78 Å². The van der Waals surface area contributed by atoms with Gasteiger partial charge in [-0.3, -0.25) is 4.79 Å². The van der Waals surface area contributed by atoms with Gasteiger partial charge in [0.25, 0.3) is 0 Å². The SMILES string of the molecule is C/C=C/CC1Cc2ccc(O)cc2C1=O. The summed E-state index contributed by atoms with van der Waals surface area (Å²) in [6, 6.07) is 5.07. The molecule has 0 radical (unpaired) electrons. The van der Waals surface area contributed by atoms with Crippen LogP contribution in [0.1, 0.15) is 29.3 Å². The summed E-state index contributed by atoms with van der Waals surface area (Å²) in [4.78, 5) is 11.9. The van der Waals surface area contributed by atoms with Gasteiger partial charge in [-0.1, -0.05) is 18.2 Å². The highest BCUT2D eigenvalue weighted by molar-refractivity contribution is 6.02. The Morgan fingerprint density at radius 1 is 1.53 bits per heavy atom. The number of ketones is 1. The highest BCUT2D eigenvalue weighted by Crippen LogP contribution is 2.31. The summed E-state index contributed by atoms with van der Waals surface area (Å²) in [5.74, 6) is 0.408. The molecule has 1 aliphatic carbocycles. The van der Waals surface area contributed by atoms with Crippen LogP contribution in [0, 0.1) is 5.92 Å². The third-order valence-corrected chi connectivity index (χ3v) is 2.85. The number of Topliss-reactive ketones (excluding diaryl/α,β-unsaturated/α-hetero) is 1. The molecule has 0 saturated heterocycles. The van der Waals surface area contributed by atoms with Gasteiger partial charge in [-0.25, -0.2) is 0 Å². The monoisotopic (exact) mass is 202 g/mol. The minimum absolute atomic E-state index is 0.0676. The summed E-state index contributed by atoms with van der Waals surface area (Å²) < 4.78 is 0. The first-order valence-electron chi connectivity index (χ1n) is 5.19. The van der Waals surface area contributed by atoms with Gasteiger partial charge in [0.15, 0.2) is 5.78 Å². The van der Waals surface area contributed by atoms with Gasteiger partial charge in [-0.05, 0) is 37.5 Å². The smallest absolute Gasteiger partial charge is 0.166 e. The van der Waals surface area contributed by atoms with E-state index in [1.54, 1.807) is 12.1 Å². The van der Waals surface area contributed by atoms with Crippen molar-refractivity contribution in [3.05, 3.63) is 41.5 Å². The molecule has 0 bridgehead atoms. The summed E-state index contributed by atoms with van der Waals surface area (Å²) >= 11 is 0. The van der Waals surface area contributed by atoms with Crippen LogP contribution in [-0.4, -0.2) is 10.9 Å². The van der Waals surface area contributed by atoms with E-state index in [2.05, 4.69) is 0 Å². The predicted molar refractivity (Wildman–Crippen MR) is 59.1 cm³/mol. The van der Waals surface area contributed by atoms with Crippen molar-refractivity contribution in [3.8, 4) is 5.75 Å². The summed E-state index contributed by atoms with van der Waals surface area (Å²) in [6.45, 7) is 1.96. The average Bonchev–Trinajstić information content (AvgIpc) is 2.53. The highest BCUT2D eigenvalue weighted by Gasteiger charge is 2.29. The number of carbonyl (C=O) groups is 1. The van der Waals surface area contributed by atoms with E-state index in [9.17, 15) is 9.90 Å². The Hall–Kier alpha value is -1.57. The number of phenolic OH excluding ortho intramolecular Hbond substituents is 1. The van der Waals surface area contributed by atoms with E-state index in [-0.39, 0.29) is 17.5 Å². The highest BCUT2D eigenvalue weighted by atomic mass is 16.3. The quantitative estimate of drug-likeness (QED) is 0.749. The van der Waals surface area contributed by atoms with E-state index >= 15 is 0 Å². The van der Waals surface area contributed by atoms with E-state index in [0.717, 1.165) is 18.4 Å². The van der Waals surface area contributed by atoms with Gasteiger partial charge < -0.3 is 5.11 Å². The Morgan fingerprint density at radius 2 is 2.33 bits per heavy atom. The van der Waals surface area contributed by atoms with Crippen LogP contribution >= 0.6 is 0 Å². The van der Waals surface area contributed by atoms with Gasteiger partial charge in [0.1, 0.15) is 5.75 Å². The molecule has 0 saturated carbocycles. The van der Waals surface area contributed by atoms with Crippen molar-refractivity contribution in [2.45, 2.75) is 19.8 Å². The molecule has 1 atom stereocenters. The maximum atomic E-state index is 11.9. The van der Waals surface area contributed by atoms with Crippen molar-refractivity contribution < 1.29 is 9.90 Å². The molecule has 78 valence electrons. The zero-order valence-electron chi connectivity index (χ0n) is 8.73. The summed E-state index contributed by atoms with van der Waals surface area (Å²) in [5, 5.41) is 9.31. The molecular formula is C13H14O2. The van der Waals surface area contributed by atoms with Crippen LogP contribution in [0.25, 0.3) is 0 Å². The zero-order valence-corrected chi connectivity index (χ0v) is 8.73. The molecule has 1 aromatic rings. The Morgan fingerprint density at radius 3 is 3.07 bits per heavy atom. The van der Waals surface area contributed by atoms with Gasteiger partial charge in [-0.15, -0.1) is 0 Å². The number of phenols is 1. The second-order valence-electron chi connectivity index (χ2n) is 3.91. The molecule has 0 aromatic heterocycles. The third-order valence-electron chi connectivity index (χ3n) is 2.85. The molecular weight excluding hydrogens is 188 g/mol. The van der Waals surface area contributed by atoms with Crippen LogP contribution in [0.5, 0.6) is 5.75 Å². The van der Waals surface area contributed by atoms with Crippen LogP contribution in [-0.2, 0) is 6.42 Å². The van der Waals surface area contributed by atoms with Gasteiger partial charge >= 0.3 is 0 Å². The third kappa shape index (κ3) is 1.80. The van der Waals surface area contributed by atoms with Crippen LogP contribution in [0.2, 0.25) is 0 Å². The molecule has 15 heavy (non-hydrogen) atoms. The lowest BCUT2D eigenvalue weighted by Gasteiger charge is -2.01.